The molecule has 3 N–H and O–H groups in total. The highest BCUT2D eigenvalue weighted by atomic mass is 16.6. The molecular weight excluding hydrogens is 274 g/mol. The molecule has 114 valence electrons. The zero-order valence-corrected chi connectivity index (χ0v) is 11.9. The van der Waals surface area contributed by atoms with Crippen molar-refractivity contribution in [1.82, 2.24) is 9.80 Å². The summed E-state index contributed by atoms with van der Waals surface area (Å²) in [5, 5.41) is 11.0. The van der Waals surface area contributed by atoms with E-state index < -0.39 is 4.92 Å². The van der Waals surface area contributed by atoms with Gasteiger partial charge in [0, 0.05) is 25.7 Å². The summed E-state index contributed by atoms with van der Waals surface area (Å²) < 4.78 is 0. The number of nitrogens with zero attached hydrogens (tertiary/aromatic N) is 3. The first kappa shape index (κ1) is 15.2. The molecule has 1 saturated heterocycles. The van der Waals surface area contributed by atoms with Gasteiger partial charge in [-0.1, -0.05) is 6.07 Å². The number of amides is 1. The Balaban J connectivity index is 2.30. The fraction of sp³-hybridized carbons (Fsp3) is 0.462. The number of rotatable bonds is 3. The Hall–Kier alpha value is -2.19. The summed E-state index contributed by atoms with van der Waals surface area (Å²) in [4.78, 5) is 26.9. The molecule has 0 spiro atoms. The highest BCUT2D eigenvalue weighted by Crippen LogP contribution is 2.28. The average Bonchev–Trinajstić information content (AvgIpc) is 2.70. The molecule has 1 amide bonds. The zero-order chi connectivity index (χ0) is 15.4. The molecule has 1 aliphatic rings. The molecule has 0 aromatic heterocycles. The van der Waals surface area contributed by atoms with Crippen LogP contribution >= 0.6 is 0 Å². The highest BCUT2D eigenvalue weighted by molar-refractivity contribution is 6.01. The van der Waals surface area contributed by atoms with E-state index in [1.165, 1.54) is 12.1 Å². The molecule has 8 heteroatoms. The Bertz CT molecular complexity index is 549. The molecule has 1 aromatic carbocycles. The van der Waals surface area contributed by atoms with Crippen molar-refractivity contribution in [3.8, 4) is 0 Å². The smallest absolute Gasteiger partial charge is 0.294 e. The molecule has 8 nitrogen and oxygen atoms in total. The number of nitrogen functional groups attached to an aromatic ring is 1. The number of carbonyl (C=O) groups is 1. The number of likely N-dealkylation sites (N-methyl/N-ethyl adjacent to an activating group) is 1. The number of hydrogen-bond donors (Lipinski definition) is 2. The van der Waals surface area contributed by atoms with Crippen molar-refractivity contribution in [1.29, 1.82) is 0 Å². The maximum Gasteiger partial charge on any atom is 0.294 e. The highest BCUT2D eigenvalue weighted by Gasteiger charge is 2.25. The van der Waals surface area contributed by atoms with Crippen LogP contribution in [-0.4, -0.2) is 53.9 Å². The van der Waals surface area contributed by atoms with Crippen LogP contribution in [0.25, 0.3) is 0 Å². The van der Waals surface area contributed by atoms with Gasteiger partial charge in [-0.2, -0.15) is 0 Å². The van der Waals surface area contributed by atoms with Crippen LogP contribution in [0.5, 0.6) is 0 Å². The van der Waals surface area contributed by atoms with Crippen molar-refractivity contribution in [2.75, 3.05) is 38.7 Å². The average molecular weight is 293 g/mol. The molecule has 1 aromatic rings. The number of hydrazine groups is 1. The largest absolute Gasteiger partial charge is 0.337 e. The number of benzene rings is 1. The number of nitro groups is 1. The lowest BCUT2D eigenvalue weighted by Crippen LogP contribution is -2.35. The number of nitrogens with one attached hydrogen (secondary N) is 1. The number of nitrogens with two attached hydrogens (primary N) is 1. The third-order valence-electron chi connectivity index (χ3n) is 3.62. The molecule has 0 atom stereocenters. The van der Waals surface area contributed by atoms with E-state index in [9.17, 15) is 14.9 Å². The molecule has 0 unspecified atom stereocenters. The molecule has 2 rings (SSSR count). The van der Waals surface area contributed by atoms with Crippen molar-refractivity contribution >= 4 is 17.3 Å². The number of para-hydroxylation sites is 1. The minimum absolute atomic E-state index is 0.0603. The van der Waals surface area contributed by atoms with Crippen LogP contribution in [0, 0.1) is 10.1 Å². The van der Waals surface area contributed by atoms with Gasteiger partial charge in [-0.3, -0.25) is 20.8 Å². The summed E-state index contributed by atoms with van der Waals surface area (Å²) >= 11 is 0. The summed E-state index contributed by atoms with van der Waals surface area (Å²) in [6, 6.07) is 4.37. The molecule has 21 heavy (non-hydrogen) atoms. The normalized spacial score (nSPS) is 16.4. The van der Waals surface area contributed by atoms with Crippen molar-refractivity contribution in [2.45, 2.75) is 6.42 Å². The Morgan fingerprint density at radius 1 is 1.33 bits per heavy atom. The Morgan fingerprint density at radius 2 is 2.10 bits per heavy atom. The predicted octanol–water partition coefficient (Wildman–Crippen LogP) is 0.658. The summed E-state index contributed by atoms with van der Waals surface area (Å²) in [7, 11) is 2.01. The molecule has 0 saturated carbocycles. The summed E-state index contributed by atoms with van der Waals surface area (Å²) in [6.45, 7) is 2.95. The second-order valence-corrected chi connectivity index (χ2v) is 5.05. The van der Waals surface area contributed by atoms with Gasteiger partial charge in [0.15, 0.2) is 0 Å². The maximum absolute atomic E-state index is 12.6. The zero-order valence-electron chi connectivity index (χ0n) is 11.9. The van der Waals surface area contributed by atoms with E-state index in [0.29, 0.717) is 13.1 Å². The van der Waals surface area contributed by atoms with E-state index in [1.807, 2.05) is 7.05 Å². The fourth-order valence-corrected chi connectivity index (χ4v) is 2.44. The summed E-state index contributed by atoms with van der Waals surface area (Å²) in [5.41, 5.74) is 2.38. The molecule has 1 fully saturated rings. The van der Waals surface area contributed by atoms with Crippen molar-refractivity contribution in [2.24, 2.45) is 5.84 Å². The van der Waals surface area contributed by atoms with E-state index in [1.54, 1.807) is 11.0 Å². The molecular formula is C13H19N5O3. The number of hydrogen-bond acceptors (Lipinski definition) is 6. The first-order valence-corrected chi connectivity index (χ1v) is 6.76. The molecule has 0 aliphatic carbocycles. The van der Waals surface area contributed by atoms with Gasteiger partial charge in [0.25, 0.3) is 11.6 Å². The van der Waals surface area contributed by atoms with E-state index in [2.05, 4.69) is 10.3 Å². The minimum Gasteiger partial charge on any atom is -0.337 e. The first-order valence-electron chi connectivity index (χ1n) is 6.76. The van der Waals surface area contributed by atoms with E-state index in [4.69, 9.17) is 5.84 Å². The van der Waals surface area contributed by atoms with E-state index in [-0.39, 0.29) is 22.8 Å². The van der Waals surface area contributed by atoms with Crippen LogP contribution in [0.2, 0.25) is 0 Å². The lowest BCUT2D eigenvalue weighted by Gasteiger charge is -2.21. The monoisotopic (exact) mass is 293 g/mol. The van der Waals surface area contributed by atoms with Gasteiger partial charge in [-0.25, -0.2) is 0 Å². The van der Waals surface area contributed by atoms with Crippen LogP contribution in [0.3, 0.4) is 0 Å². The van der Waals surface area contributed by atoms with Crippen LogP contribution in [0.1, 0.15) is 16.8 Å². The van der Waals surface area contributed by atoms with Gasteiger partial charge < -0.3 is 15.2 Å². The second kappa shape index (κ2) is 6.51. The quantitative estimate of drug-likeness (QED) is 0.482. The lowest BCUT2D eigenvalue weighted by atomic mass is 10.1. The predicted molar refractivity (Wildman–Crippen MR) is 78.9 cm³/mol. The third-order valence-corrected chi connectivity index (χ3v) is 3.62. The third kappa shape index (κ3) is 3.29. The topological polar surface area (TPSA) is 105 Å². The van der Waals surface area contributed by atoms with Gasteiger partial charge in [0.2, 0.25) is 0 Å². The number of nitro benzene ring substituents is 1. The van der Waals surface area contributed by atoms with Crippen molar-refractivity contribution < 1.29 is 9.72 Å². The standard InChI is InChI=1S/C13H19N5O3/c1-16-6-3-7-17(9-8-16)13(19)10-4-2-5-11(18(20)21)12(10)15-14/h2,4-5,15H,3,6-9,14H2,1H3. The Labute approximate surface area is 122 Å². The fourth-order valence-electron chi connectivity index (χ4n) is 2.44. The van der Waals surface area contributed by atoms with Crippen LogP contribution < -0.4 is 11.3 Å². The van der Waals surface area contributed by atoms with Crippen LogP contribution in [-0.2, 0) is 0 Å². The van der Waals surface area contributed by atoms with Crippen LogP contribution in [0.15, 0.2) is 18.2 Å². The van der Waals surface area contributed by atoms with Crippen molar-refractivity contribution in [3.05, 3.63) is 33.9 Å². The summed E-state index contributed by atoms with van der Waals surface area (Å²) in [6.07, 6.45) is 0.878. The van der Waals surface area contributed by atoms with Gasteiger partial charge >= 0.3 is 0 Å². The Kier molecular flexibility index (Phi) is 4.71. The van der Waals surface area contributed by atoms with Gasteiger partial charge in [0.05, 0.1) is 10.5 Å². The molecule has 0 radical (unpaired) electrons. The van der Waals surface area contributed by atoms with Gasteiger partial charge in [-0.15, -0.1) is 0 Å². The Morgan fingerprint density at radius 3 is 2.76 bits per heavy atom. The maximum atomic E-state index is 12.6. The molecule has 1 aliphatic heterocycles. The molecule has 0 bridgehead atoms. The van der Waals surface area contributed by atoms with Crippen molar-refractivity contribution in [3.63, 3.8) is 0 Å². The number of carbonyl (C=O) groups excluding carboxylic acids is 1. The van der Waals surface area contributed by atoms with Gasteiger partial charge in [0.1, 0.15) is 5.69 Å². The SMILES string of the molecule is CN1CCCN(C(=O)c2cccc([N+](=O)[O-])c2NN)CC1. The molecule has 1 heterocycles. The minimum atomic E-state index is -0.553. The first-order chi connectivity index (χ1) is 10.0. The lowest BCUT2D eigenvalue weighted by molar-refractivity contribution is -0.384. The van der Waals surface area contributed by atoms with E-state index >= 15 is 0 Å². The number of anilines is 1. The second-order valence-electron chi connectivity index (χ2n) is 5.05. The summed E-state index contributed by atoms with van der Waals surface area (Å²) in [5.74, 6) is 5.14. The van der Waals surface area contributed by atoms with E-state index in [0.717, 1.165) is 19.5 Å². The van der Waals surface area contributed by atoms with Gasteiger partial charge in [-0.05, 0) is 26.1 Å². The van der Waals surface area contributed by atoms with Crippen LogP contribution in [0.4, 0.5) is 11.4 Å².